The number of carbonyl (C=O) groups excluding carboxylic acids is 2. The van der Waals surface area contributed by atoms with E-state index < -0.39 is 17.8 Å². The van der Waals surface area contributed by atoms with Gasteiger partial charge in [0.25, 0.3) is 0 Å². The molecule has 0 unspecified atom stereocenters. The van der Waals surface area contributed by atoms with Crippen LogP contribution >= 0.6 is 0 Å². The van der Waals surface area contributed by atoms with Gasteiger partial charge in [-0.1, -0.05) is 48.5 Å². The van der Waals surface area contributed by atoms with Crippen LogP contribution < -0.4 is 0 Å². The van der Waals surface area contributed by atoms with Crippen molar-refractivity contribution in [2.45, 2.75) is 32.3 Å². The molecule has 0 bridgehead atoms. The molecule has 1 aliphatic carbocycles. The van der Waals surface area contributed by atoms with Crippen molar-refractivity contribution in [2.75, 3.05) is 53.1 Å². The Bertz CT molecular complexity index is 958. The first-order valence-electron chi connectivity index (χ1n) is 11.9. The molecule has 0 heterocycles. The molecule has 8 nitrogen and oxygen atoms in total. The summed E-state index contributed by atoms with van der Waals surface area (Å²) < 4.78 is 16.5. The molecule has 2 amide bonds. The summed E-state index contributed by atoms with van der Waals surface area (Å²) in [5, 5.41) is 8.95. The molecule has 0 radical (unpaired) electrons. The summed E-state index contributed by atoms with van der Waals surface area (Å²) in [7, 11) is 1.63. The number of fused-ring (bicyclic) bond motifs is 3. The minimum Gasteiger partial charge on any atom is -0.448 e. The van der Waals surface area contributed by atoms with E-state index in [1.165, 1.54) is 9.80 Å². The van der Waals surface area contributed by atoms with E-state index in [2.05, 4.69) is 24.3 Å². The average Bonchev–Trinajstić information content (AvgIpc) is 3.14. The van der Waals surface area contributed by atoms with Crippen LogP contribution in [0.4, 0.5) is 9.59 Å². The lowest BCUT2D eigenvalue weighted by Gasteiger charge is -2.28. The number of rotatable bonds is 10. The first kappa shape index (κ1) is 26.5. The number of nitrogens with zero attached hydrogens (tertiary/aromatic N) is 2. The molecule has 0 fully saturated rings. The molecule has 0 atom stereocenters. The second-order valence-electron chi connectivity index (χ2n) is 9.53. The number of amides is 2. The third-order valence-corrected chi connectivity index (χ3v) is 5.75. The van der Waals surface area contributed by atoms with Crippen molar-refractivity contribution in [2.24, 2.45) is 0 Å². The van der Waals surface area contributed by atoms with E-state index in [4.69, 9.17) is 19.3 Å². The van der Waals surface area contributed by atoms with Crippen molar-refractivity contribution in [3.05, 3.63) is 59.7 Å². The number of carbonyl (C=O) groups is 2. The van der Waals surface area contributed by atoms with Crippen LogP contribution in [0.2, 0.25) is 0 Å². The third-order valence-electron chi connectivity index (χ3n) is 5.75. The monoisotopic (exact) mass is 484 g/mol. The minimum absolute atomic E-state index is 0.0386. The van der Waals surface area contributed by atoms with Crippen molar-refractivity contribution >= 4 is 12.2 Å². The maximum atomic E-state index is 13.1. The summed E-state index contributed by atoms with van der Waals surface area (Å²) in [6.07, 6.45) is -0.932. The fourth-order valence-electron chi connectivity index (χ4n) is 4.02. The van der Waals surface area contributed by atoms with Gasteiger partial charge in [-0.3, -0.25) is 0 Å². The molecule has 2 aromatic carbocycles. The molecular weight excluding hydrogens is 448 g/mol. The van der Waals surface area contributed by atoms with Gasteiger partial charge in [0.1, 0.15) is 12.2 Å². The van der Waals surface area contributed by atoms with Crippen LogP contribution in [0.25, 0.3) is 11.1 Å². The van der Waals surface area contributed by atoms with Gasteiger partial charge in [0.15, 0.2) is 0 Å². The van der Waals surface area contributed by atoms with Gasteiger partial charge in [-0.25, -0.2) is 9.59 Å². The Morgan fingerprint density at radius 1 is 0.886 bits per heavy atom. The summed E-state index contributed by atoms with van der Waals surface area (Å²) in [5.41, 5.74) is 4.01. The zero-order valence-electron chi connectivity index (χ0n) is 21.0. The van der Waals surface area contributed by atoms with Crippen LogP contribution in [0, 0.1) is 0 Å². The normalized spacial score (nSPS) is 12.6. The number of aliphatic hydroxyl groups excluding tert-OH is 1. The van der Waals surface area contributed by atoms with Crippen LogP contribution in [0.15, 0.2) is 48.5 Å². The van der Waals surface area contributed by atoms with E-state index in [0.29, 0.717) is 0 Å². The summed E-state index contributed by atoms with van der Waals surface area (Å²) >= 11 is 0. The topological polar surface area (TPSA) is 88.5 Å². The van der Waals surface area contributed by atoms with E-state index >= 15 is 0 Å². The van der Waals surface area contributed by atoms with Crippen LogP contribution in [-0.2, 0) is 14.2 Å². The zero-order chi connectivity index (χ0) is 25.4. The highest BCUT2D eigenvalue weighted by molar-refractivity contribution is 5.79. The van der Waals surface area contributed by atoms with Crippen LogP contribution in [0.1, 0.15) is 37.8 Å². The zero-order valence-corrected chi connectivity index (χ0v) is 21.0. The molecule has 3 rings (SSSR count). The third kappa shape index (κ3) is 7.19. The highest BCUT2D eigenvalue weighted by Gasteiger charge is 2.30. The number of hydrogen-bond donors (Lipinski definition) is 1. The standard InChI is InChI=1S/C27H36N2O6/c1-27(2,3)35-25(31)28(4)13-14-29(15-17-33-18-16-30)26(32)34-19-24-22-11-7-5-9-20(22)21-10-6-8-12-23(21)24/h5-12,24,30H,13-19H2,1-4H3. The molecule has 1 N–H and O–H groups in total. The molecular formula is C27H36N2O6. The van der Waals surface area contributed by atoms with E-state index in [9.17, 15) is 9.59 Å². The molecule has 8 heteroatoms. The fraction of sp³-hybridized carbons (Fsp3) is 0.481. The quantitative estimate of drug-likeness (QED) is 0.511. The Hall–Kier alpha value is -3.10. The maximum absolute atomic E-state index is 13.1. The van der Waals surface area contributed by atoms with E-state index in [-0.39, 0.29) is 52.0 Å². The molecule has 0 spiro atoms. The first-order chi connectivity index (χ1) is 16.7. The minimum atomic E-state index is -0.601. The predicted molar refractivity (Wildman–Crippen MR) is 133 cm³/mol. The van der Waals surface area contributed by atoms with E-state index in [0.717, 1.165) is 22.3 Å². The Kier molecular flexibility index (Phi) is 9.12. The number of hydrogen-bond acceptors (Lipinski definition) is 6. The Morgan fingerprint density at radius 2 is 1.49 bits per heavy atom. The largest absolute Gasteiger partial charge is 0.448 e. The van der Waals surface area contributed by atoms with Crippen molar-refractivity contribution in [1.82, 2.24) is 9.80 Å². The summed E-state index contributed by atoms with van der Waals surface area (Å²) in [4.78, 5) is 28.3. The SMILES string of the molecule is CN(CCN(CCOCCO)C(=O)OCC1c2ccccc2-c2ccccc21)C(=O)OC(C)(C)C. The lowest BCUT2D eigenvalue weighted by Crippen LogP contribution is -2.43. The van der Waals surface area contributed by atoms with Crippen LogP contribution in [0.5, 0.6) is 0 Å². The average molecular weight is 485 g/mol. The Balaban J connectivity index is 1.63. The molecule has 0 aliphatic heterocycles. The van der Waals surface area contributed by atoms with Crippen molar-refractivity contribution in [3.8, 4) is 11.1 Å². The lowest BCUT2D eigenvalue weighted by atomic mass is 9.98. The summed E-state index contributed by atoms with van der Waals surface area (Å²) in [6.45, 7) is 6.79. The van der Waals surface area contributed by atoms with Gasteiger partial charge in [0.2, 0.25) is 0 Å². The highest BCUT2D eigenvalue weighted by atomic mass is 16.6. The van der Waals surface area contributed by atoms with E-state index in [1.54, 1.807) is 27.8 Å². The van der Waals surface area contributed by atoms with Crippen molar-refractivity contribution in [1.29, 1.82) is 0 Å². The second-order valence-corrected chi connectivity index (χ2v) is 9.53. The number of benzene rings is 2. The molecule has 190 valence electrons. The van der Waals surface area contributed by atoms with Gasteiger partial charge in [-0.05, 0) is 43.0 Å². The Morgan fingerprint density at radius 3 is 2.06 bits per heavy atom. The van der Waals surface area contributed by atoms with Crippen LogP contribution in [0.3, 0.4) is 0 Å². The lowest BCUT2D eigenvalue weighted by molar-refractivity contribution is 0.0259. The molecule has 2 aromatic rings. The molecule has 0 saturated carbocycles. The first-order valence-corrected chi connectivity index (χ1v) is 11.9. The summed E-state index contributed by atoms with van der Waals surface area (Å²) in [6, 6.07) is 16.3. The van der Waals surface area contributed by atoms with Gasteiger partial charge < -0.3 is 29.1 Å². The second kappa shape index (κ2) is 12.0. The van der Waals surface area contributed by atoms with Gasteiger partial charge in [-0.2, -0.15) is 0 Å². The molecule has 35 heavy (non-hydrogen) atoms. The summed E-state index contributed by atoms with van der Waals surface area (Å²) in [5.74, 6) is -0.0386. The van der Waals surface area contributed by atoms with Gasteiger partial charge in [-0.15, -0.1) is 0 Å². The highest BCUT2D eigenvalue weighted by Crippen LogP contribution is 2.44. The van der Waals surface area contributed by atoms with E-state index in [1.807, 2.05) is 24.3 Å². The number of likely N-dealkylation sites (N-methyl/N-ethyl adjacent to an activating group) is 1. The van der Waals surface area contributed by atoms with Gasteiger partial charge >= 0.3 is 12.2 Å². The van der Waals surface area contributed by atoms with Gasteiger partial charge in [0.05, 0.1) is 19.8 Å². The number of aliphatic hydroxyl groups is 1. The molecule has 0 saturated heterocycles. The smallest absolute Gasteiger partial charge is 0.410 e. The maximum Gasteiger partial charge on any atom is 0.410 e. The number of ether oxygens (including phenoxy) is 3. The van der Waals surface area contributed by atoms with Crippen LogP contribution in [-0.4, -0.2) is 85.8 Å². The fourth-order valence-corrected chi connectivity index (χ4v) is 4.02. The molecule has 0 aromatic heterocycles. The van der Waals surface area contributed by atoms with Gasteiger partial charge in [0, 0.05) is 32.6 Å². The molecule has 1 aliphatic rings. The predicted octanol–water partition coefficient (Wildman–Crippen LogP) is 4.11. The van der Waals surface area contributed by atoms with Crippen molar-refractivity contribution < 1.29 is 28.9 Å². The van der Waals surface area contributed by atoms with Crippen molar-refractivity contribution in [3.63, 3.8) is 0 Å². The Labute approximate surface area is 207 Å².